The molecule has 118 valence electrons. The lowest BCUT2D eigenvalue weighted by atomic mass is 10.1. The van der Waals surface area contributed by atoms with Gasteiger partial charge in [0.05, 0.1) is 16.6 Å². The standard InChI is InChI=1S/C14H19F2NO3S/c1-14(2)9-17(5-6-21(14,19)20)8-13(18)10-3-4-11(15)12(16)7-10/h3-4,7,13,18H,5-6,8-9H2,1-2H3. The summed E-state index contributed by atoms with van der Waals surface area (Å²) >= 11 is 0. The van der Waals surface area contributed by atoms with Gasteiger partial charge in [0.15, 0.2) is 21.5 Å². The van der Waals surface area contributed by atoms with Gasteiger partial charge in [-0.2, -0.15) is 0 Å². The summed E-state index contributed by atoms with van der Waals surface area (Å²) in [5.41, 5.74) is 0.278. The van der Waals surface area contributed by atoms with Gasteiger partial charge in [-0.25, -0.2) is 17.2 Å². The van der Waals surface area contributed by atoms with E-state index in [-0.39, 0.29) is 17.9 Å². The molecule has 21 heavy (non-hydrogen) atoms. The first kappa shape index (κ1) is 16.3. The largest absolute Gasteiger partial charge is 0.387 e. The summed E-state index contributed by atoms with van der Waals surface area (Å²) < 4.78 is 49.0. The van der Waals surface area contributed by atoms with E-state index >= 15 is 0 Å². The van der Waals surface area contributed by atoms with Crippen LogP contribution in [0.2, 0.25) is 0 Å². The minimum Gasteiger partial charge on any atom is -0.387 e. The number of nitrogens with zero attached hydrogens (tertiary/aromatic N) is 1. The van der Waals surface area contributed by atoms with E-state index in [1.54, 1.807) is 13.8 Å². The van der Waals surface area contributed by atoms with Crippen molar-refractivity contribution in [3.05, 3.63) is 35.4 Å². The fourth-order valence-electron chi connectivity index (χ4n) is 2.47. The van der Waals surface area contributed by atoms with Crippen molar-refractivity contribution in [1.82, 2.24) is 4.90 Å². The van der Waals surface area contributed by atoms with Crippen LogP contribution in [0.1, 0.15) is 25.5 Å². The Labute approximate surface area is 123 Å². The minimum atomic E-state index is -3.14. The highest BCUT2D eigenvalue weighted by molar-refractivity contribution is 7.92. The van der Waals surface area contributed by atoms with Crippen molar-refractivity contribution in [1.29, 1.82) is 0 Å². The zero-order valence-electron chi connectivity index (χ0n) is 12.0. The normalized spacial score (nSPS) is 22.9. The van der Waals surface area contributed by atoms with Gasteiger partial charge < -0.3 is 5.11 Å². The van der Waals surface area contributed by atoms with Gasteiger partial charge in [0.2, 0.25) is 0 Å². The van der Waals surface area contributed by atoms with Crippen LogP contribution in [0.5, 0.6) is 0 Å². The second kappa shape index (κ2) is 5.62. The van der Waals surface area contributed by atoms with E-state index in [2.05, 4.69) is 0 Å². The Balaban J connectivity index is 2.07. The number of halogens is 2. The molecule has 1 N–H and O–H groups in total. The molecule has 2 rings (SSSR count). The molecule has 7 heteroatoms. The fraction of sp³-hybridized carbons (Fsp3) is 0.571. The predicted molar refractivity (Wildman–Crippen MR) is 75.6 cm³/mol. The Kier molecular flexibility index (Phi) is 4.37. The molecule has 1 heterocycles. The monoisotopic (exact) mass is 319 g/mol. The van der Waals surface area contributed by atoms with Gasteiger partial charge in [-0.15, -0.1) is 0 Å². The van der Waals surface area contributed by atoms with E-state index in [0.29, 0.717) is 13.1 Å². The van der Waals surface area contributed by atoms with Gasteiger partial charge in [0, 0.05) is 19.6 Å². The summed E-state index contributed by atoms with van der Waals surface area (Å²) in [7, 11) is -3.14. The third-order valence-electron chi connectivity index (χ3n) is 3.88. The van der Waals surface area contributed by atoms with E-state index in [1.165, 1.54) is 6.07 Å². The first-order valence-electron chi connectivity index (χ1n) is 6.70. The molecule has 1 unspecified atom stereocenters. The van der Waals surface area contributed by atoms with Crippen LogP contribution in [-0.2, 0) is 9.84 Å². The van der Waals surface area contributed by atoms with Gasteiger partial charge in [-0.3, -0.25) is 4.90 Å². The van der Waals surface area contributed by atoms with Crippen molar-refractivity contribution in [3.63, 3.8) is 0 Å². The van der Waals surface area contributed by atoms with Crippen molar-refractivity contribution in [3.8, 4) is 0 Å². The van der Waals surface area contributed by atoms with Crippen LogP contribution in [0.25, 0.3) is 0 Å². The molecule has 0 radical (unpaired) electrons. The van der Waals surface area contributed by atoms with E-state index in [4.69, 9.17) is 0 Å². The SMILES string of the molecule is CC1(C)CN(CC(O)c2ccc(F)c(F)c2)CCS1(=O)=O. The number of β-amino-alcohol motifs (C(OH)–C–C–N with tert-alkyl or cyclic N) is 1. The Hall–Kier alpha value is -1.05. The molecule has 1 saturated heterocycles. The molecular formula is C14H19F2NO3S. The number of rotatable bonds is 3. The highest BCUT2D eigenvalue weighted by Gasteiger charge is 2.40. The second-order valence-electron chi connectivity index (χ2n) is 6.00. The van der Waals surface area contributed by atoms with Crippen LogP contribution >= 0.6 is 0 Å². The third kappa shape index (κ3) is 3.41. The molecule has 0 bridgehead atoms. The molecule has 0 saturated carbocycles. The summed E-state index contributed by atoms with van der Waals surface area (Å²) in [6.07, 6.45) is -0.989. The number of hydrogen-bond donors (Lipinski definition) is 1. The summed E-state index contributed by atoms with van der Waals surface area (Å²) in [6, 6.07) is 3.26. The number of aliphatic hydroxyl groups excluding tert-OH is 1. The van der Waals surface area contributed by atoms with Crippen LogP contribution < -0.4 is 0 Å². The Morgan fingerprint density at radius 3 is 2.57 bits per heavy atom. The maximum atomic E-state index is 13.2. The molecule has 1 aromatic rings. The Bertz CT molecular complexity index is 631. The first-order chi connectivity index (χ1) is 9.62. The summed E-state index contributed by atoms with van der Waals surface area (Å²) in [5, 5.41) is 10.1. The van der Waals surface area contributed by atoms with Gasteiger partial charge >= 0.3 is 0 Å². The van der Waals surface area contributed by atoms with Crippen LogP contribution in [0, 0.1) is 11.6 Å². The maximum Gasteiger partial charge on any atom is 0.159 e. The smallest absolute Gasteiger partial charge is 0.159 e. The molecule has 1 aliphatic heterocycles. The molecule has 1 atom stereocenters. The molecule has 1 aliphatic rings. The van der Waals surface area contributed by atoms with E-state index in [0.717, 1.165) is 12.1 Å². The van der Waals surface area contributed by atoms with Gasteiger partial charge in [-0.1, -0.05) is 6.07 Å². The molecule has 0 aliphatic carbocycles. The zero-order chi connectivity index (χ0) is 15.8. The lowest BCUT2D eigenvalue weighted by Crippen LogP contribution is -2.53. The quantitative estimate of drug-likeness (QED) is 0.917. The molecule has 0 spiro atoms. The second-order valence-corrected chi connectivity index (χ2v) is 8.75. The molecule has 0 amide bonds. The van der Waals surface area contributed by atoms with Crippen LogP contribution in [0.4, 0.5) is 8.78 Å². The van der Waals surface area contributed by atoms with E-state index in [9.17, 15) is 22.3 Å². The van der Waals surface area contributed by atoms with Gasteiger partial charge in [0.25, 0.3) is 0 Å². The molecule has 1 fully saturated rings. The lowest BCUT2D eigenvalue weighted by Gasteiger charge is -2.38. The maximum absolute atomic E-state index is 13.2. The lowest BCUT2D eigenvalue weighted by molar-refractivity contribution is 0.108. The Morgan fingerprint density at radius 1 is 1.33 bits per heavy atom. The number of benzene rings is 1. The topological polar surface area (TPSA) is 57.6 Å². The van der Waals surface area contributed by atoms with Crippen molar-refractivity contribution in [2.24, 2.45) is 0 Å². The van der Waals surface area contributed by atoms with Crippen LogP contribution in [-0.4, -0.2) is 48.6 Å². The first-order valence-corrected chi connectivity index (χ1v) is 8.35. The van der Waals surface area contributed by atoms with Crippen LogP contribution in [0.3, 0.4) is 0 Å². The Morgan fingerprint density at radius 2 is 2.00 bits per heavy atom. The van der Waals surface area contributed by atoms with E-state index < -0.39 is 32.3 Å². The van der Waals surface area contributed by atoms with Crippen molar-refractivity contribution >= 4 is 9.84 Å². The molecule has 0 aromatic heterocycles. The predicted octanol–water partition coefficient (Wildman–Crippen LogP) is 1.51. The summed E-state index contributed by atoms with van der Waals surface area (Å²) in [5.74, 6) is -1.94. The third-order valence-corrected chi connectivity index (χ3v) is 6.42. The zero-order valence-corrected chi connectivity index (χ0v) is 12.8. The van der Waals surface area contributed by atoms with E-state index in [1.807, 2.05) is 4.90 Å². The molecular weight excluding hydrogens is 300 g/mol. The summed E-state index contributed by atoms with van der Waals surface area (Å²) in [6.45, 7) is 4.11. The molecule has 4 nitrogen and oxygen atoms in total. The number of aliphatic hydroxyl groups is 1. The number of sulfone groups is 1. The van der Waals surface area contributed by atoms with Gasteiger partial charge in [0.1, 0.15) is 0 Å². The summed E-state index contributed by atoms with van der Waals surface area (Å²) in [4.78, 5) is 1.83. The minimum absolute atomic E-state index is 0.0322. The van der Waals surface area contributed by atoms with Gasteiger partial charge in [-0.05, 0) is 31.5 Å². The number of hydrogen-bond acceptors (Lipinski definition) is 4. The highest BCUT2D eigenvalue weighted by Crippen LogP contribution is 2.25. The van der Waals surface area contributed by atoms with Crippen molar-refractivity contribution in [2.45, 2.75) is 24.7 Å². The average molecular weight is 319 g/mol. The highest BCUT2D eigenvalue weighted by atomic mass is 32.2. The average Bonchev–Trinajstić information content (AvgIpc) is 2.37. The fourth-order valence-corrected chi connectivity index (χ4v) is 3.90. The van der Waals surface area contributed by atoms with Crippen molar-refractivity contribution < 1.29 is 22.3 Å². The van der Waals surface area contributed by atoms with Crippen LogP contribution in [0.15, 0.2) is 18.2 Å². The van der Waals surface area contributed by atoms with Crippen molar-refractivity contribution in [2.75, 3.05) is 25.4 Å². The molecule has 1 aromatic carbocycles.